The quantitative estimate of drug-likeness (QED) is 0.724. The van der Waals surface area contributed by atoms with E-state index in [1.807, 2.05) is 0 Å². The molecule has 2 amide bonds. The molecule has 0 unspecified atom stereocenters. The second kappa shape index (κ2) is 8.80. The SMILES string of the molecule is CN(C)S(=O)(=O)N(CC(=O)Nc1ccc(N2CCCC2=O)cc1)c1ccc(F)cc1. The average Bonchev–Trinajstić information content (AvgIpc) is 3.13. The maximum Gasteiger partial charge on any atom is 0.304 e. The molecule has 0 spiro atoms. The summed E-state index contributed by atoms with van der Waals surface area (Å²) in [7, 11) is -1.28. The van der Waals surface area contributed by atoms with Crippen molar-refractivity contribution in [1.29, 1.82) is 0 Å². The van der Waals surface area contributed by atoms with Crippen LogP contribution in [0.3, 0.4) is 0 Å². The first-order chi connectivity index (χ1) is 14.2. The molecule has 1 aliphatic heterocycles. The Morgan fingerprint density at radius 1 is 1.10 bits per heavy atom. The molecular formula is C20H23FN4O4S. The third kappa shape index (κ3) is 4.77. The van der Waals surface area contributed by atoms with E-state index in [1.165, 1.54) is 26.2 Å². The highest BCUT2D eigenvalue weighted by Crippen LogP contribution is 2.24. The summed E-state index contributed by atoms with van der Waals surface area (Å²) < 4.78 is 40.5. The monoisotopic (exact) mass is 434 g/mol. The Balaban J connectivity index is 1.74. The first-order valence-electron chi connectivity index (χ1n) is 9.34. The zero-order valence-electron chi connectivity index (χ0n) is 16.7. The number of benzene rings is 2. The van der Waals surface area contributed by atoms with E-state index < -0.39 is 28.5 Å². The highest BCUT2D eigenvalue weighted by atomic mass is 32.2. The average molecular weight is 434 g/mol. The maximum absolute atomic E-state index is 13.2. The van der Waals surface area contributed by atoms with E-state index in [4.69, 9.17) is 0 Å². The van der Waals surface area contributed by atoms with Crippen LogP contribution in [0.2, 0.25) is 0 Å². The van der Waals surface area contributed by atoms with Gasteiger partial charge in [0.05, 0.1) is 5.69 Å². The van der Waals surface area contributed by atoms with Crippen molar-refractivity contribution in [3.05, 3.63) is 54.3 Å². The van der Waals surface area contributed by atoms with Crippen LogP contribution < -0.4 is 14.5 Å². The largest absolute Gasteiger partial charge is 0.325 e. The van der Waals surface area contributed by atoms with E-state index in [-0.39, 0.29) is 11.6 Å². The van der Waals surface area contributed by atoms with E-state index in [0.29, 0.717) is 18.7 Å². The number of nitrogens with one attached hydrogen (secondary N) is 1. The lowest BCUT2D eigenvalue weighted by Gasteiger charge is -2.27. The third-order valence-corrected chi connectivity index (χ3v) is 6.50. The highest BCUT2D eigenvalue weighted by Gasteiger charge is 2.27. The fraction of sp³-hybridized carbons (Fsp3) is 0.300. The van der Waals surface area contributed by atoms with E-state index >= 15 is 0 Å². The van der Waals surface area contributed by atoms with E-state index in [0.717, 1.165) is 32.9 Å². The standard InChI is InChI=1S/C20H23FN4O4S/c1-23(2)30(28,29)25(18-9-5-15(21)6-10-18)14-19(26)22-16-7-11-17(12-8-16)24-13-3-4-20(24)27/h5-12H,3-4,13-14H2,1-2H3,(H,22,26). The number of nitrogens with zero attached hydrogens (tertiary/aromatic N) is 3. The van der Waals surface area contributed by atoms with Crippen molar-refractivity contribution < 1.29 is 22.4 Å². The summed E-state index contributed by atoms with van der Waals surface area (Å²) in [4.78, 5) is 26.1. The fourth-order valence-corrected chi connectivity index (χ4v) is 4.15. The van der Waals surface area contributed by atoms with Crippen LogP contribution in [0, 0.1) is 5.82 Å². The Bertz CT molecular complexity index is 1020. The molecule has 10 heteroatoms. The van der Waals surface area contributed by atoms with Crippen molar-refractivity contribution in [2.45, 2.75) is 12.8 Å². The number of amides is 2. The zero-order valence-corrected chi connectivity index (χ0v) is 17.5. The molecule has 1 saturated heterocycles. The van der Waals surface area contributed by atoms with Gasteiger partial charge in [-0.2, -0.15) is 12.7 Å². The molecule has 0 atom stereocenters. The van der Waals surface area contributed by atoms with Crippen molar-refractivity contribution in [2.24, 2.45) is 0 Å². The van der Waals surface area contributed by atoms with Gasteiger partial charge >= 0.3 is 10.2 Å². The van der Waals surface area contributed by atoms with Gasteiger partial charge in [-0.1, -0.05) is 0 Å². The number of hydrogen-bond acceptors (Lipinski definition) is 4. The van der Waals surface area contributed by atoms with E-state index in [1.54, 1.807) is 29.2 Å². The summed E-state index contributed by atoms with van der Waals surface area (Å²) in [6, 6.07) is 11.6. The molecule has 160 valence electrons. The Hall–Kier alpha value is -2.98. The maximum atomic E-state index is 13.2. The van der Waals surface area contributed by atoms with Crippen LogP contribution >= 0.6 is 0 Å². The number of halogens is 1. The van der Waals surface area contributed by atoms with Crippen LogP contribution in [0.15, 0.2) is 48.5 Å². The summed E-state index contributed by atoms with van der Waals surface area (Å²) in [6.45, 7) is 0.179. The smallest absolute Gasteiger partial charge is 0.304 e. The predicted octanol–water partition coefficient (Wildman–Crippen LogP) is 2.20. The topological polar surface area (TPSA) is 90.0 Å². The second-order valence-corrected chi connectivity index (χ2v) is 9.08. The minimum absolute atomic E-state index is 0.0654. The van der Waals surface area contributed by atoms with E-state index in [2.05, 4.69) is 5.32 Å². The second-order valence-electron chi connectivity index (χ2n) is 7.02. The molecule has 0 aliphatic carbocycles. The number of anilines is 3. The van der Waals surface area contributed by atoms with Crippen LogP contribution in [0.5, 0.6) is 0 Å². The van der Waals surface area contributed by atoms with Crippen LogP contribution in [0.25, 0.3) is 0 Å². The lowest BCUT2D eigenvalue weighted by Crippen LogP contribution is -2.44. The number of rotatable bonds is 7. The lowest BCUT2D eigenvalue weighted by molar-refractivity contribution is -0.117. The number of carbonyl (C=O) groups excluding carboxylic acids is 2. The molecule has 3 rings (SSSR count). The highest BCUT2D eigenvalue weighted by molar-refractivity contribution is 7.90. The van der Waals surface area contributed by atoms with Crippen molar-refractivity contribution in [3.8, 4) is 0 Å². The first-order valence-corrected chi connectivity index (χ1v) is 10.7. The molecule has 0 bridgehead atoms. The molecule has 0 radical (unpaired) electrons. The van der Waals surface area contributed by atoms with Gasteiger partial charge in [-0.3, -0.25) is 9.59 Å². The summed E-state index contributed by atoms with van der Waals surface area (Å²) in [6.07, 6.45) is 1.34. The third-order valence-electron chi connectivity index (χ3n) is 4.68. The molecule has 0 aromatic heterocycles. The molecule has 1 aliphatic rings. The number of hydrogen-bond donors (Lipinski definition) is 1. The molecule has 1 N–H and O–H groups in total. The summed E-state index contributed by atoms with van der Waals surface area (Å²) in [5.41, 5.74) is 1.39. The Morgan fingerprint density at radius 3 is 2.27 bits per heavy atom. The molecule has 30 heavy (non-hydrogen) atoms. The summed E-state index contributed by atoms with van der Waals surface area (Å²) in [5.74, 6) is -1.01. The summed E-state index contributed by atoms with van der Waals surface area (Å²) >= 11 is 0. The van der Waals surface area contributed by atoms with Gasteiger partial charge < -0.3 is 10.2 Å². The van der Waals surface area contributed by atoms with Gasteiger partial charge in [0, 0.05) is 38.4 Å². The molecule has 0 saturated carbocycles. The van der Waals surface area contributed by atoms with Gasteiger partial charge in [-0.05, 0) is 55.0 Å². The Kier molecular flexibility index (Phi) is 6.37. The normalized spacial score (nSPS) is 14.3. The Morgan fingerprint density at radius 2 is 1.73 bits per heavy atom. The van der Waals surface area contributed by atoms with Crippen LogP contribution in [-0.2, 0) is 19.8 Å². The number of carbonyl (C=O) groups is 2. The van der Waals surface area contributed by atoms with Gasteiger partial charge in [0.25, 0.3) is 0 Å². The van der Waals surface area contributed by atoms with Crippen molar-refractivity contribution in [1.82, 2.24) is 4.31 Å². The van der Waals surface area contributed by atoms with Gasteiger partial charge in [-0.15, -0.1) is 0 Å². The van der Waals surface area contributed by atoms with Crippen molar-refractivity contribution in [2.75, 3.05) is 41.7 Å². The van der Waals surface area contributed by atoms with E-state index in [9.17, 15) is 22.4 Å². The van der Waals surface area contributed by atoms with Gasteiger partial charge in [0.1, 0.15) is 12.4 Å². The first kappa shape index (κ1) is 21.7. The Labute approximate surface area is 175 Å². The predicted molar refractivity (Wildman–Crippen MR) is 113 cm³/mol. The van der Waals surface area contributed by atoms with Gasteiger partial charge in [-0.25, -0.2) is 8.70 Å². The molecule has 1 fully saturated rings. The van der Waals surface area contributed by atoms with Crippen LogP contribution in [0.4, 0.5) is 21.5 Å². The molecule has 8 nitrogen and oxygen atoms in total. The van der Waals surface area contributed by atoms with Crippen molar-refractivity contribution >= 4 is 39.1 Å². The zero-order chi connectivity index (χ0) is 21.9. The summed E-state index contributed by atoms with van der Waals surface area (Å²) in [5, 5.41) is 2.65. The molecule has 2 aromatic rings. The van der Waals surface area contributed by atoms with Crippen molar-refractivity contribution in [3.63, 3.8) is 0 Å². The van der Waals surface area contributed by atoms with Gasteiger partial charge in [0.15, 0.2) is 0 Å². The molecular weight excluding hydrogens is 411 g/mol. The molecule has 1 heterocycles. The van der Waals surface area contributed by atoms with Crippen LogP contribution in [-0.4, -0.2) is 51.7 Å². The fourth-order valence-electron chi connectivity index (χ4n) is 3.09. The molecule has 2 aromatic carbocycles. The van der Waals surface area contributed by atoms with Crippen LogP contribution in [0.1, 0.15) is 12.8 Å². The van der Waals surface area contributed by atoms with Gasteiger partial charge in [0.2, 0.25) is 11.8 Å². The minimum atomic E-state index is -3.98. The minimum Gasteiger partial charge on any atom is -0.325 e. The lowest BCUT2D eigenvalue weighted by atomic mass is 10.2.